The molecule has 0 bridgehead atoms. The van der Waals surface area contributed by atoms with Crippen molar-refractivity contribution in [3.63, 3.8) is 0 Å². The van der Waals surface area contributed by atoms with Crippen molar-refractivity contribution in [3.8, 4) is 0 Å². The highest BCUT2D eigenvalue weighted by Crippen LogP contribution is 2.22. The van der Waals surface area contributed by atoms with Gasteiger partial charge in [0.1, 0.15) is 12.4 Å². The van der Waals surface area contributed by atoms with Crippen molar-refractivity contribution < 1.29 is 9.18 Å². The molecular formula is C24H21FN2O2. The summed E-state index contributed by atoms with van der Waals surface area (Å²) in [7, 11) is 1.74. The van der Waals surface area contributed by atoms with Gasteiger partial charge in [-0.2, -0.15) is 0 Å². The first-order valence-corrected chi connectivity index (χ1v) is 9.49. The fraction of sp³-hybridized carbons (Fsp3) is 0.167. The van der Waals surface area contributed by atoms with E-state index in [-0.39, 0.29) is 29.7 Å². The minimum Gasteiger partial charge on any atom is -0.337 e. The topological polar surface area (TPSA) is 42.3 Å². The molecule has 1 aromatic heterocycles. The SMILES string of the molecule is CC(c1ccc(F)cc1)N(C)C(=O)Cn1c2ccccc2c(=O)c2ccccc21. The van der Waals surface area contributed by atoms with E-state index < -0.39 is 0 Å². The summed E-state index contributed by atoms with van der Waals surface area (Å²) < 4.78 is 15.1. The summed E-state index contributed by atoms with van der Waals surface area (Å²) >= 11 is 0. The Morgan fingerprint density at radius 1 is 0.931 bits per heavy atom. The molecule has 0 radical (unpaired) electrons. The smallest absolute Gasteiger partial charge is 0.242 e. The molecule has 5 heteroatoms. The van der Waals surface area contributed by atoms with Gasteiger partial charge in [-0.3, -0.25) is 9.59 Å². The lowest BCUT2D eigenvalue weighted by atomic mass is 10.1. The van der Waals surface area contributed by atoms with Crippen LogP contribution >= 0.6 is 0 Å². The van der Waals surface area contributed by atoms with Crippen molar-refractivity contribution in [1.82, 2.24) is 9.47 Å². The number of likely N-dealkylation sites (N-methyl/N-ethyl adjacent to an activating group) is 1. The van der Waals surface area contributed by atoms with Gasteiger partial charge in [-0.1, -0.05) is 36.4 Å². The van der Waals surface area contributed by atoms with E-state index >= 15 is 0 Å². The highest BCUT2D eigenvalue weighted by Gasteiger charge is 2.20. The van der Waals surface area contributed by atoms with Crippen LogP contribution in [0.25, 0.3) is 21.8 Å². The number of fused-ring (bicyclic) bond motifs is 2. The Hall–Kier alpha value is -3.47. The molecule has 146 valence electrons. The van der Waals surface area contributed by atoms with Gasteiger partial charge in [0.15, 0.2) is 5.43 Å². The average Bonchev–Trinajstić information content (AvgIpc) is 2.76. The van der Waals surface area contributed by atoms with Crippen molar-refractivity contribution in [3.05, 3.63) is 94.4 Å². The predicted octanol–water partition coefficient (Wildman–Crippen LogP) is 4.51. The van der Waals surface area contributed by atoms with Gasteiger partial charge in [0, 0.05) is 17.8 Å². The van der Waals surface area contributed by atoms with Crippen LogP contribution < -0.4 is 5.43 Å². The molecular weight excluding hydrogens is 367 g/mol. The largest absolute Gasteiger partial charge is 0.337 e. The lowest BCUT2D eigenvalue weighted by molar-refractivity contribution is -0.132. The molecule has 0 N–H and O–H groups in total. The lowest BCUT2D eigenvalue weighted by Crippen LogP contribution is -2.33. The third-order valence-electron chi connectivity index (χ3n) is 5.50. The molecule has 0 saturated heterocycles. The molecule has 1 heterocycles. The second-order valence-corrected chi connectivity index (χ2v) is 7.18. The van der Waals surface area contributed by atoms with E-state index in [2.05, 4.69) is 0 Å². The summed E-state index contributed by atoms with van der Waals surface area (Å²) in [5.74, 6) is -0.401. The summed E-state index contributed by atoms with van der Waals surface area (Å²) in [4.78, 5) is 27.6. The fourth-order valence-electron chi connectivity index (χ4n) is 3.67. The van der Waals surface area contributed by atoms with Crippen molar-refractivity contribution in [2.24, 2.45) is 0 Å². The van der Waals surface area contributed by atoms with Gasteiger partial charge in [0.05, 0.1) is 17.1 Å². The number of para-hydroxylation sites is 2. The summed E-state index contributed by atoms with van der Waals surface area (Å²) in [5.41, 5.74) is 2.28. The second kappa shape index (κ2) is 7.51. The number of benzene rings is 3. The van der Waals surface area contributed by atoms with E-state index in [0.717, 1.165) is 16.6 Å². The van der Waals surface area contributed by atoms with E-state index in [1.54, 1.807) is 36.2 Å². The summed E-state index contributed by atoms with van der Waals surface area (Å²) in [6.45, 7) is 2.01. The monoisotopic (exact) mass is 388 g/mol. The van der Waals surface area contributed by atoms with Gasteiger partial charge in [0.2, 0.25) is 5.91 Å². The Balaban J connectivity index is 1.75. The minimum atomic E-state index is -0.305. The third kappa shape index (κ3) is 3.40. The number of aromatic nitrogens is 1. The molecule has 0 saturated carbocycles. The number of hydrogen-bond donors (Lipinski definition) is 0. The van der Waals surface area contributed by atoms with Crippen LogP contribution in [0.4, 0.5) is 4.39 Å². The number of carbonyl (C=O) groups excluding carboxylic acids is 1. The molecule has 0 fully saturated rings. The Labute approximate surface area is 167 Å². The fourth-order valence-corrected chi connectivity index (χ4v) is 3.67. The first-order chi connectivity index (χ1) is 14.0. The molecule has 0 aliphatic heterocycles. The molecule has 4 rings (SSSR count). The van der Waals surface area contributed by atoms with Gasteiger partial charge in [-0.05, 0) is 48.9 Å². The highest BCUT2D eigenvalue weighted by molar-refractivity contribution is 5.94. The lowest BCUT2D eigenvalue weighted by Gasteiger charge is -2.26. The highest BCUT2D eigenvalue weighted by atomic mass is 19.1. The molecule has 0 aliphatic rings. The van der Waals surface area contributed by atoms with E-state index in [4.69, 9.17) is 0 Å². The van der Waals surface area contributed by atoms with E-state index in [1.165, 1.54) is 12.1 Å². The minimum absolute atomic E-state index is 0.0343. The predicted molar refractivity (Wildman–Crippen MR) is 113 cm³/mol. The van der Waals surface area contributed by atoms with Crippen LogP contribution in [-0.4, -0.2) is 22.4 Å². The van der Waals surface area contributed by atoms with Crippen molar-refractivity contribution >= 4 is 27.7 Å². The average molecular weight is 388 g/mol. The number of nitrogens with zero attached hydrogens (tertiary/aromatic N) is 2. The molecule has 1 unspecified atom stereocenters. The summed E-state index contributed by atoms with van der Waals surface area (Å²) in [6, 6.07) is 20.6. The Morgan fingerprint density at radius 2 is 1.45 bits per heavy atom. The molecule has 0 spiro atoms. The third-order valence-corrected chi connectivity index (χ3v) is 5.50. The normalized spacial score (nSPS) is 12.2. The maximum atomic E-state index is 13.2. The Kier molecular flexibility index (Phi) is 4.89. The molecule has 4 aromatic rings. The van der Waals surface area contributed by atoms with Crippen LogP contribution in [0.2, 0.25) is 0 Å². The molecule has 4 nitrogen and oxygen atoms in total. The van der Waals surface area contributed by atoms with Gasteiger partial charge >= 0.3 is 0 Å². The maximum absolute atomic E-state index is 13.2. The van der Waals surface area contributed by atoms with E-state index in [1.807, 2.05) is 47.9 Å². The zero-order valence-corrected chi connectivity index (χ0v) is 16.3. The number of carbonyl (C=O) groups is 1. The van der Waals surface area contributed by atoms with Gasteiger partial charge < -0.3 is 9.47 Å². The Bertz CT molecular complexity index is 1200. The molecule has 3 aromatic carbocycles. The van der Waals surface area contributed by atoms with Gasteiger partial charge in [-0.25, -0.2) is 4.39 Å². The van der Waals surface area contributed by atoms with Crippen LogP contribution in [0.15, 0.2) is 77.6 Å². The van der Waals surface area contributed by atoms with Crippen molar-refractivity contribution in [2.45, 2.75) is 19.5 Å². The number of halogens is 1. The second-order valence-electron chi connectivity index (χ2n) is 7.18. The maximum Gasteiger partial charge on any atom is 0.242 e. The van der Waals surface area contributed by atoms with Crippen LogP contribution in [0.3, 0.4) is 0 Å². The molecule has 29 heavy (non-hydrogen) atoms. The quantitative estimate of drug-likeness (QED) is 0.483. The first kappa shape index (κ1) is 18.9. The van der Waals surface area contributed by atoms with Gasteiger partial charge in [0.25, 0.3) is 0 Å². The van der Waals surface area contributed by atoms with Crippen LogP contribution in [-0.2, 0) is 11.3 Å². The number of pyridine rings is 1. The van der Waals surface area contributed by atoms with E-state index in [9.17, 15) is 14.0 Å². The number of hydrogen-bond acceptors (Lipinski definition) is 2. The zero-order valence-electron chi connectivity index (χ0n) is 16.3. The van der Waals surface area contributed by atoms with E-state index in [0.29, 0.717) is 10.8 Å². The van der Waals surface area contributed by atoms with Crippen molar-refractivity contribution in [1.29, 1.82) is 0 Å². The molecule has 1 amide bonds. The molecule has 0 aliphatic carbocycles. The van der Waals surface area contributed by atoms with Crippen LogP contribution in [0.5, 0.6) is 0 Å². The van der Waals surface area contributed by atoms with Crippen LogP contribution in [0, 0.1) is 5.82 Å². The molecule has 1 atom stereocenters. The summed E-state index contributed by atoms with van der Waals surface area (Å²) in [5, 5.41) is 1.18. The van der Waals surface area contributed by atoms with Gasteiger partial charge in [-0.15, -0.1) is 0 Å². The van der Waals surface area contributed by atoms with Crippen molar-refractivity contribution in [2.75, 3.05) is 7.05 Å². The number of rotatable bonds is 4. The Morgan fingerprint density at radius 3 is 2.00 bits per heavy atom. The zero-order chi connectivity index (χ0) is 20.5. The summed E-state index contributed by atoms with van der Waals surface area (Å²) in [6.07, 6.45) is 0. The first-order valence-electron chi connectivity index (χ1n) is 9.49. The standard InChI is InChI=1S/C24H21FN2O2/c1-16(17-11-13-18(25)14-12-17)26(2)23(28)15-27-21-9-5-3-7-19(21)24(29)20-8-4-6-10-22(20)27/h3-14,16H,15H2,1-2H3. The van der Waals surface area contributed by atoms with Crippen LogP contribution in [0.1, 0.15) is 18.5 Å². The number of amides is 1.